The van der Waals surface area contributed by atoms with Crippen LogP contribution in [0.4, 0.5) is 13.2 Å². The van der Waals surface area contributed by atoms with E-state index in [0.717, 1.165) is 11.8 Å². The Hall–Kier alpha value is -0.690. The summed E-state index contributed by atoms with van der Waals surface area (Å²) >= 11 is 4.75. The van der Waals surface area contributed by atoms with Crippen LogP contribution in [-0.2, 0) is 6.18 Å². The van der Waals surface area contributed by atoms with Crippen molar-refractivity contribution >= 4 is 33.6 Å². The molecular weight excluding hydrogens is 367 g/mol. The third-order valence-electron chi connectivity index (χ3n) is 3.23. The molecule has 116 valence electrons. The molecule has 1 amide bonds. The first-order valence-corrected chi connectivity index (χ1v) is 8.18. The molecule has 0 spiro atoms. The number of carbonyl (C=O) groups is 1. The van der Waals surface area contributed by atoms with Gasteiger partial charge in [-0.3, -0.25) is 4.79 Å². The van der Waals surface area contributed by atoms with Crippen molar-refractivity contribution in [1.29, 1.82) is 0 Å². The van der Waals surface area contributed by atoms with Crippen molar-refractivity contribution in [2.45, 2.75) is 24.8 Å². The van der Waals surface area contributed by atoms with Crippen molar-refractivity contribution < 1.29 is 18.0 Å². The molecule has 0 saturated carbocycles. The lowest BCUT2D eigenvalue weighted by molar-refractivity contribution is -0.138. The summed E-state index contributed by atoms with van der Waals surface area (Å²) in [5.74, 6) is 0.180. The second kappa shape index (κ2) is 5.83. The molecular formula is C14H15BrF3NOS. The fourth-order valence-corrected chi connectivity index (χ4v) is 3.77. The molecule has 1 fully saturated rings. The van der Waals surface area contributed by atoms with Crippen molar-refractivity contribution in [3.05, 3.63) is 33.8 Å². The minimum absolute atomic E-state index is 0.137. The molecule has 0 aromatic heterocycles. The van der Waals surface area contributed by atoms with Gasteiger partial charge in [-0.05, 0) is 32.0 Å². The van der Waals surface area contributed by atoms with Crippen molar-refractivity contribution in [2.24, 2.45) is 0 Å². The molecule has 1 saturated heterocycles. The number of amides is 1. The molecule has 1 aliphatic heterocycles. The Bertz CT molecular complexity index is 560. The van der Waals surface area contributed by atoms with Crippen LogP contribution >= 0.6 is 27.7 Å². The molecule has 1 aromatic rings. The average molecular weight is 382 g/mol. The van der Waals surface area contributed by atoms with Gasteiger partial charge in [-0.25, -0.2) is 0 Å². The molecule has 0 bridgehead atoms. The van der Waals surface area contributed by atoms with Crippen LogP contribution in [-0.4, -0.2) is 34.4 Å². The molecule has 0 N–H and O–H groups in total. The summed E-state index contributed by atoms with van der Waals surface area (Å²) in [5.41, 5.74) is -1.17. The van der Waals surface area contributed by atoms with Gasteiger partial charge < -0.3 is 4.90 Å². The maximum absolute atomic E-state index is 13.1. The van der Waals surface area contributed by atoms with Crippen LogP contribution in [0.2, 0.25) is 0 Å². The number of nitrogens with zero attached hydrogens (tertiary/aromatic N) is 1. The summed E-state index contributed by atoms with van der Waals surface area (Å²) in [6, 6.07) is 3.66. The van der Waals surface area contributed by atoms with E-state index in [4.69, 9.17) is 0 Å². The molecule has 2 rings (SSSR count). The van der Waals surface area contributed by atoms with Gasteiger partial charge in [0, 0.05) is 28.1 Å². The zero-order valence-corrected chi connectivity index (χ0v) is 14.0. The number of alkyl halides is 3. The lowest BCUT2D eigenvalue weighted by Gasteiger charge is -2.37. The Balaban J connectivity index is 2.35. The summed E-state index contributed by atoms with van der Waals surface area (Å²) in [6.07, 6.45) is -4.55. The fraction of sp³-hybridized carbons (Fsp3) is 0.500. The first-order valence-electron chi connectivity index (χ1n) is 6.40. The van der Waals surface area contributed by atoms with E-state index < -0.39 is 17.6 Å². The third kappa shape index (κ3) is 3.94. The predicted molar refractivity (Wildman–Crippen MR) is 81.6 cm³/mol. The SMILES string of the molecule is CC1(C)CN(C(=O)c2ccc(Br)cc2C(F)(F)F)CCS1. The molecule has 0 atom stereocenters. The highest BCUT2D eigenvalue weighted by molar-refractivity contribution is 9.10. The maximum atomic E-state index is 13.1. The van der Waals surface area contributed by atoms with Gasteiger partial charge in [0.1, 0.15) is 0 Å². The van der Waals surface area contributed by atoms with Crippen LogP contribution in [0.5, 0.6) is 0 Å². The van der Waals surface area contributed by atoms with E-state index in [9.17, 15) is 18.0 Å². The van der Waals surface area contributed by atoms with Gasteiger partial charge in [0.2, 0.25) is 0 Å². The topological polar surface area (TPSA) is 20.3 Å². The summed E-state index contributed by atoms with van der Waals surface area (Å²) in [5, 5.41) is 0. The second-order valence-electron chi connectivity index (χ2n) is 5.52. The first kappa shape index (κ1) is 16.7. The van der Waals surface area contributed by atoms with Crippen LogP contribution in [0.3, 0.4) is 0 Å². The molecule has 0 unspecified atom stereocenters. The van der Waals surface area contributed by atoms with Gasteiger partial charge in [0.25, 0.3) is 5.91 Å². The van der Waals surface area contributed by atoms with Crippen LogP contribution in [0.15, 0.2) is 22.7 Å². The summed E-state index contributed by atoms with van der Waals surface area (Å²) < 4.78 is 39.5. The van der Waals surface area contributed by atoms with Crippen molar-refractivity contribution in [1.82, 2.24) is 4.90 Å². The highest BCUT2D eigenvalue weighted by Gasteiger charge is 2.38. The van der Waals surface area contributed by atoms with E-state index in [-0.39, 0.29) is 10.3 Å². The predicted octanol–water partition coefficient (Wildman–Crippen LogP) is 4.44. The highest BCUT2D eigenvalue weighted by atomic mass is 79.9. The normalized spacial score (nSPS) is 18.7. The molecule has 0 radical (unpaired) electrons. The van der Waals surface area contributed by atoms with E-state index in [1.165, 1.54) is 17.0 Å². The monoisotopic (exact) mass is 381 g/mol. The van der Waals surface area contributed by atoms with Crippen LogP contribution in [0, 0.1) is 0 Å². The highest BCUT2D eigenvalue weighted by Crippen LogP contribution is 2.36. The number of carbonyl (C=O) groups excluding carboxylic acids is 1. The summed E-state index contributed by atoms with van der Waals surface area (Å²) in [6.45, 7) is 4.90. The molecule has 21 heavy (non-hydrogen) atoms. The smallest absolute Gasteiger partial charge is 0.336 e. The van der Waals surface area contributed by atoms with Crippen molar-refractivity contribution in [3.8, 4) is 0 Å². The number of hydrogen-bond donors (Lipinski definition) is 0. The molecule has 1 aliphatic rings. The number of benzene rings is 1. The molecule has 0 aliphatic carbocycles. The van der Waals surface area contributed by atoms with E-state index in [2.05, 4.69) is 15.9 Å². The van der Waals surface area contributed by atoms with E-state index in [1.54, 1.807) is 11.8 Å². The lowest BCUT2D eigenvalue weighted by atomic mass is 10.0. The Morgan fingerprint density at radius 3 is 2.62 bits per heavy atom. The minimum Gasteiger partial charge on any atom is -0.336 e. The van der Waals surface area contributed by atoms with Gasteiger partial charge in [-0.15, -0.1) is 0 Å². The Morgan fingerprint density at radius 1 is 1.38 bits per heavy atom. The third-order valence-corrected chi connectivity index (χ3v) is 5.02. The first-order chi connectivity index (χ1) is 9.60. The maximum Gasteiger partial charge on any atom is 0.417 e. The molecule has 7 heteroatoms. The second-order valence-corrected chi connectivity index (χ2v) is 8.24. The average Bonchev–Trinajstić information content (AvgIpc) is 2.35. The van der Waals surface area contributed by atoms with Gasteiger partial charge in [-0.1, -0.05) is 15.9 Å². The molecule has 1 aromatic carbocycles. The zero-order valence-electron chi connectivity index (χ0n) is 11.6. The summed E-state index contributed by atoms with van der Waals surface area (Å²) in [4.78, 5) is 14.0. The van der Waals surface area contributed by atoms with E-state index >= 15 is 0 Å². The lowest BCUT2D eigenvalue weighted by Crippen LogP contribution is -2.46. The van der Waals surface area contributed by atoms with Crippen molar-refractivity contribution in [2.75, 3.05) is 18.8 Å². The van der Waals surface area contributed by atoms with Crippen LogP contribution in [0.1, 0.15) is 29.8 Å². The Morgan fingerprint density at radius 2 is 2.05 bits per heavy atom. The minimum atomic E-state index is -4.55. The quantitative estimate of drug-likeness (QED) is 0.716. The van der Waals surface area contributed by atoms with E-state index in [1.807, 2.05) is 13.8 Å². The molecule has 1 heterocycles. The standard InChI is InChI=1S/C14H15BrF3NOS/c1-13(2)8-19(5-6-21-13)12(20)10-4-3-9(15)7-11(10)14(16,17)18/h3-4,7H,5-6,8H2,1-2H3. The largest absolute Gasteiger partial charge is 0.417 e. The Labute approximate surface area is 134 Å². The van der Waals surface area contributed by atoms with Gasteiger partial charge in [0.15, 0.2) is 0 Å². The van der Waals surface area contributed by atoms with Gasteiger partial charge >= 0.3 is 6.18 Å². The van der Waals surface area contributed by atoms with Crippen molar-refractivity contribution in [3.63, 3.8) is 0 Å². The van der Waals surface area contributed by atoms with Crippen LogP contribution in [0.25, 0.3) is 0 Å². The summed E-state index contributed by atoms with van der Waals surface area (Å²) in [7, 11) is 0. The molecule has 2 nitrogen and oxygen atoms in total. The Kier molecular flexibility index (Phi) is 4.63. The zero-order chi connectivity index (χ0) is 15.8. The fourth-order valence-electron chi connectivity index (χ4n) is 2.30. The van der Waals surface area contributed by atoms with Crippen LogP contribution < -0.4 is 0 Å². The van der Waals surface area contributed by atoms with Gasteiger partial charge in [0.05, 0.1) is 11.1 Å². The number of hydrogen-bond acceptors (Lipinski definition) is 2. The number of halogens is 4. The number of rotatable bonds is 1. The number of thioether (sulfide) groups is 1. The van der Waals surface area contributed by atoms with E-state index in [0.29, 0.717) is 17.6 Å². The van der Waals surface area contributed by atoms with Gasteiger partial charge in [-0.2, -0.15) is 24.9 Å².